The molecule has 2 aromatic carbocycles. The second-order valence-corrected chi connectivity index (χ2v) is 8.03. The number of halogens is 2. The minimum atomic E-state index is -3.01. The van der Waals surface area contributed by atoms with Crippen LogP contribution in [0.1, 0.15) is 25.6 Å². The zero-order valence-electron chi connectivity index (χ0n) is 18.1. The van der Waals surface area contributed by atoms with Crippen molar-refractivity contribution in [3.05, 3.63) is 88.1 Å². The fourth-order valence-electron chi connectivity index (χ4n) is 2.94. The first kappa shape index (κ1) is 25.5. The van der Waals surface area contributed by atoms with Gasteiger partial charge in [0.1, 0.15) is 11.8 Å². The summed E-state index contributed by atoms with van der Waals surface area (Å²) in [4.78, 5) is 49.8. The number of thiophene rings is 1. The van der Waals surface area contributed by atoms with Crippen molar-refractivity contribution < 1.29 is 37.4 Å². The van der Waals surface area contributed by atoms with E-state index < -0.39 is 43.0 Å². The standard InChI is InChI=1S/C24H20F2N2O6S/c25-24(26)34-17-10-8-16(9-11-17)21(30)28-20(29)14-33-23(32)18(13-15-5-2-1-3-6-15)27-22(31)19-7-4-12-35-19/h1-12,18,24H,13-14H2,(H,27,31)(H,28,29,30). The molecule has 1 unspecified atom stereocenters. The number of alkyl halides is 2. The Labute approximate surface area is 202 Å². The van der Waals surface area contributed by atoms with Crippen molar-refractivity contribution in [1.29, 1.82) is 0 Å². The highest BCUT2D eigenvalue weighted by Gasteiger charge is 2.25. The number of nitrogens with one attached hydrogen (secondary N) is 2. The van der Waals surface area contributed by atoms with Gasteiger partial charge in [0.05, 0.1) is 4.88 Å². The van der Waals surface area contributed by atoms with E-state index in [4.69, 9.17) is 4.74 Å². The average Bonchev–Trinajstić information content (AvgIpc) is 3.38. The maximum absolute atomic E-state index is 12.7. The van der Waals surface area contributed by atoms with Crippen LogP contribution in [0.5, 0.6) is 5.75 Å². The summed E-state index contributed by atoms with van der Waals surface area (Å²) < 4.78 is 33.7. The molecule has 1 heterocycles. The van der Waals surface area contributed by atoms with E-state index in [1.807, 2.05) is 11.4 Å². The third-order valence-electron chi connectivity index (χ3n) is 4.56. The highest BCUT2D eigenvalue weighted by atomic mass is 32.1. The van der Waals surface area contributed by atoms with Crippen LogP contribution in [0.25, 0.3) is 0 Å². The molecule has 0 saturated heterocycles. The van der Waals surface area contributed by atoms with Gasteiger partial charge in [-0.3, -0.25) is 19.7 Å². The normalized spacial score (nSPS) is 11.4. The number of carbonyl (C=O) groups excluding carboxylic acids is 4. The van der Waals surface area contributed by atoms with E-state index in [0.717, 1.165) is 17.7 Å². The van der Waals surface area contributed by atoms with Gasteiger partial charge in [0.2, 0.25) is 0 Å². The minimum Gasteiger partial charge on any atom is -0.454 e. The van der Waals surface area contributed by atoms with Gasteiger partial charge in [-0.05, 0) is 41.3 Å². The Hall–Kier alpha value is -4.12. The number of ether oxygens (including phenoxy) is 2. The molecule has 35 heavy (non-hydrogen) atoms. The minimum absolute atomic E-state index is 0.0106. The molecule has 3 rings (SSSR count). The van der Waals surface area contributed by atoms with E-state index in [2.05, 4.69) is 10.1 Å². The van der Waals surface area contributed by atoms with Gasteiger partial charge in [-0.25, -0.2) is 4.79 Å². The Morgan fingerprint density at radius 2 is 1.60 bits per heavy atom. The van der Waals surface area contributed by atoms with Crippen LogP contribution in [0.3, 0.4) is 0 Å². The topological polar surface area (TPSA) is 111 Å². The first-order chi connectivity index (χ1) is 16.8. The molecule has 1 aromatic heterocycles. The van der Waals surface area contributed by atoms with Crippen LogP contribution in [0.4, 0.5) is 8.78 Å². The second-order valence-electron chi connectivity index (χ2n) is 7.08. The Kier molecular flexibility index (Phi) is 9.02. The third-order valence-corrected chi connectivity index (χ3v) is 5.43. The lowest BCUT2D eigenvalue weighted by molar-refractivity contribution is -0.150. The monoisotopic (exact) mass is 502 g/mol. The van der Waals surface area contributed by atoms with Crippen molar-refractivity contribution in [1.82, 2.24) is 10.6 Å². The van der Waals surface area contributed by atoms with Gasteiger partial charge in [-0.1, -0.05) is 36.4 Å². The predicted octanol–water partition coefficient (Wildman–Crippen LogP) is 3.19. The highest BCUT2D eigenvalue weighted by molar-refractivity contribution is 7.12. The maximum atomic E-state index is 12.7. The van der Waals surface area contributed by atoms with Gasteiger partial charge in [0, 0.05) is 12.0 Å². The zero-order chi connectivity index (χ0) is 25.2. The fourth-order valence-corrected chi connectivity index (χ4v) is 3.57. The molecule has 3 aromatic rings. The number of rotatable bonds is 10. The van der Waals surface area contributed by atoms with Crippen molar-refractivity contribution in [3.63, 3.8) is 0 Å². The molecule has 0 fully saturated rings. The molecule has 0 aliphatic heterocycles. The molecule has 0 aliphatic rings. The lowest BCUT2D eigenvalue weighted by atomic mass is 10.1. The molecule has 0 aliphatic carbocycles. The average molecular weight is 502 g/mol. The van der Waals surface area contributed by atoms with Crippen LogP contribution < -0.4 is 15.4 Å². The summed E-state index contributed by atoms with van der Waals surface area (Å²) in [5.74, 6) is -3.18. The van der Waals surface area contributed by atoms with E-state index >= 15 is 0 Å². The second kappa shape index (κ2) is 12.4. The van der Waals surface area contributed by atoms with Gasteiger partial charge in [0.25, 0.3) is 17.7 Å². The van der Waals surface area contributed by atoms with Crippen LogP contribution >= 0.6 is 11.3 Å². The van der Waals surface area contributed by atoms with Crippen molar-refractivity contribution in [2.75, 3.05) is 6.61 Å². The van der Waals surface area contributed by atoms with Crippen LogP contribution in [-0.2, 0) is 20.7 Å². The lowest BCUT2D eigenvalue weighted by Gasteiger charge is -2.17. The predicted molar refractivity (Wildman–Crippen MR) is 122 cm³/mol. The summed E-state index contributed by atoms with van der Waals surface area (Å²) >= 11 is 1.21. The summed E-state index contributed by atoms with van der Waals surface area (Å²) in [6, 6.07) is 15.9. The SMILES string of the molecule is O=C(COC(=O)C(Cc1ccccc1)NC(=O)c1cccs1)NC(=O)c1ccc(OC(F)F)cc1. The molecule has 0 radical (unpaired) electrons. The van der Waals surface area contributed by atoms with Gasteiger partial charge in [-0.2, -0.15) is 8.78 Å². The first-order valence-corrected chi connectivity index (χ1v) is 11.1. The molecule has 0 saturated carbocycles. The van der Waals surface area contributed by atoms with Gasteiger partial charge < -0.3 is 14.8 Å². The molecule has 1 atom stereocenters. The van der Waals surface area contributed by atoms with Crippen molar-refractivity contribution in [3.8, 4) is 5.75 Å². The smallest absolute Gasteiger partial charge is 0.387 e. The van der Waals surface area contributed by atoms with Crippen LogP contribution in [0.15, 0.2) is 72.1 Å². The summed E-state index contributed by atoms with van der Waals surface area (Å²) in [6.07, 6.45) is 0.129. The summed E-state index contributed by atoms with van der Waals surface area (Å²) in [6.45, 7) is -3.77. The summed E-state index contributed by atoms with van der Waals surface area (Å²) in [5.41, 5.74) is 0.774. The zero-order valence-corrected chi connectivity index (χ0v) is 18.9. The molecule has 0 spiro atoms. The van der Waals surface area contributed by atoms with Gasteiger partial charge >= 0.3 is 12.6 Å². The third kappa shape index (κ3) is 8.00. The molecular weight excluding hydrogens is 482 g/mol. The van der Waals surface area contributed by atoms with Gasteiger partial charge in [0.15, 0.2) is 6.61 Å². The molecule has 11 heteroatoms. The fraction of sp³-hybridized carbons (Fsp3) is 0.167. The summed E-state index contributed by atoms with van der Waals surface area (Å²) in [5, 5.41) is 6.37. The molecule has 8 nitrogen and oxygen atoms in total. The molecule has 3 amide bonds. The summed E-state index contributed by atoms with van der Waals surface area (Å²) in [7, 11) is 0. The van der Waals surface area contributed by atoms with Crippen LogP contribution in [0, 0.1) is 0 Å². The Morgan fingerprint density at radius 3 is 2.23 bits per heavy atom. The number of hydrogen-bond donors (Lipinski definition) is 2. The largest absolute Gasteiger partial charge is 0.454 e. The van der Waals surface area contributed by atoms with Crippen LogP contribution in [-0.4, -0.2) is 43.0 Å². The van der Waals surface area contributed by atoms with E-state index in [9.17, 15) is 28.0 Å². The van der Waals surface area contributed by atoms with E-state index in [1.165, 1.54) is 23.5 Å². The van der Waals surface area contributed by atoms with E-state index in [1.54, 1.807) is 41.8 Å². The van der Waals surface area contributed by atoms with E-state index in [0.29, 0.717) is 4.88 Å². The Morgan fingerprint density at radius 1 is 0.886 bits per heavy atom. The number of esters is 1. The first-order valence-electron chi connectivity index (χ1n) is 10.3. The van der Waals surface area contributed by atoms with Crippen molar-refractivity contribution in [2.45, 2.75) is 19.1 Å². The molecular formula is C24H20F2N2O6S. The number of hydrogen-bond acceptors (Lipinski definition) is 7. The number of benzene rings is 2. The van der Waals surface area contributed by atoms with Gasteiger partial charge in [-0.15, -0.1) is 11.3 Å². The Balaban J connectivity index is 1.56. The molecule has 0 bridgehead atoms. The highest BCUT2D eigenvalue weighted by Crippen LogP contribution is 2.15. The van der Waals surface area contributed by atoms with E-state index in [-0.39, 0.29) is 17.7 Å². The molecule has 182 valence electrons. The number of amides is 3. The maximum Gasteiger partial charge on any atom is 0.387 e. The van der Waals surface area contributed by atoms with Crippen LogP contribution in [0.2, 0.25) is 0 Å². The Bertz CT molecular complexity index is 1150. The number of carbonyl (C=O) groups is 4. The quantitative estimate of drug-likeness (QED) is 0.412. The van der Waals surface area contributed by atoms with Crippen molar-refractivity contribution in [2.24, 2.45) is 0 Å². The lowest BCUT2D eigenvalue weighted by Crippen LogP contribution is -2.44. The molecule has 2 N–H and O–H groups in total. The van der Waals surface area contributed by atoms with Crippen molar-refractivity contribution >= 4 is 35.0 Å². The number of imide groups is 1.